The van der Waals surface area contributed by atoms with E-state index in [0.717, 1.165) is 40.7 Å². The van der Waals surface area contributed by atoms with Crippen molar-refractivity contribution in [1.82, 2.24) is 20.2 Å². The summed E-state index contributed by atoms with van der Waals surface area (Å²) in [6.45, 7) is 3.97. The predicted octanol–water partition coefficient (Wildman–Crippen LogP) is 3.78. The van der Waals surface area contributed by atoms with Crippen molar-refractivity contribution in [2.75, 3.05) is 13.6 Å². The summed E-state index contributed by atoms with van der Waals surface area (Å²) in [5.74, 6) is 1.68. The molecule has 0 aliphatic carbocycles. The van der Waals surface area contributed by atoms with Gasteiger partial charge in [-0.25, -0.2) is 9.98 Å². The number of aliphatic imine (C=N–C) groups is 1. The standard InChI is InChI=1S/C22H27N5O.HI/c1-3-23-22(25-13-18-11-7-8-12-19(18)16-28)27(2)15-21-24-14-20(26-21)17-9-5-4-6-10-17;/h4-12,14,28H,3,13,15-16H2,1-2H3,(H,23,25)(H,24,26);1H. The lowest BCUT2D eigenvalue weighted by Crippen LogP contribution is -2.38. The Balaban J connectivity index is 0.00000300. The van der Waals surface area contributed by atoms with Crippen molar-refractivity contribution in [3.63, 3.8) is 0 Å². The smallest absolute Gasteiger partial charge is 0.194 e. The van der Waals surface area contributed by atoms with Crippen molar-refractivity contribution in [2.45, 2.75) is 26.6 Å². The molecule has 0 aliphatic heterocycles. The van der Waals surface area contributed by atoms with E-state index < -0.39 is 0 Å². The second kappa shape index (κ2) is 11.6. The van der Waals surface area contributed by atoms with E-state index in [1.54, 1.807) is 0 Å². The van der Waals surface area contributed by atoms with Crippen molar-refractivity contribution < 1.29 is 5.11 Å². The van der Waals surface area contributed by atoms with Gasteiger partial charge in [-0.05, 0) is 23.6 Å². The third-order valence-electron chi connectivity index (χ3n) is 4.48. The van der Waals surface area contributed by atoms with Crippen molar-refractivity contribution >= 4 is 29.9 Å². The fourth-order valence-electron chi connectivity index (χ4n) is 3.00. The first-order valence-electron chi connectivity index (χ1n) is 9.47. The van der Waals surface area contributed by atoms with Gasteiger partial charge in [0.25, 0.3) is 0 Å². The number of halogens is 1. The molecule has 3 rings (SSSR count). The first-order valence-corrected chi connectivity index (χ1v) is 9.47. The third-order valence-corrected chi connectivity index (χ3v) is 4.48. The van der Waals surface area contributed by atoms with E-state index in [1.165, 1.54) is 0 Å². The fraction of sp³-hybridized carbons (Fsp3) is 0.273. The van der Waals surface area contributed by atoms with Gasteiger partial charge in [0.2, 0.25) is 0 Å². The number of aromatic amines is 1. The zero-order valence-corrected chi connectivity index (χ0v) is 19.1. The number of benzene rings is 2. The van der Waals surface area contributed by atoms with Crippen LogP contribution in [0, 0.1) is 0 Å². The Morgan fingerprint density at radius 2 is 1.79 bits per heavy atom. The topological polar surface area (TPSA) is 76.5 Å². The van der Waals surface area contributed by atoms with Crippen LogP contribution >= 0.6 is 24.0 Å². The Hall–Kier alpha value is -2.39. The molecule has 154 valence electrons. The molecular weight excluding hydrogens is 477 g/mol. The van der Waals surface area contributed by atoms with E-state index >= 15 is 0 Å². The first-order chi connectivity index (χ1) is 13.7. The molecule has 0 saturated carbocycles. The lowest BCUT2D eigenvalue weighted by Gasteiger charge is -2.21. The van der Waals surface area contributed by atoms with Crippen molar-refractivity contribution in [3.05, 3.63) is 77.7 Å². The van der Waals surface area contributed by atoms with Gasteiger partial charge in [-0.3, -0.25) is 0 Å². The van der Waals surface area contributed by atoms with Crippen LogP contribution in [0.15, 0.2) is 65.8 Å². The zero-order valence-electron chi connectivity index (χ0n) is 16.8. The summed E-state index contributed by atoms with van der Waals surface area (Å²) in [7, 11) is 1.99. The summed E-state index contributed by atoms with van der Waals surface area (Å²) in [5.41, 5.74) is 4.05. The van der Waals surface area contributed by atoms with E-state index in [-0.39, 0.29) is 30.6 Å². The van der Waals surface area contributed by atoms with Crippen LogP contribution in [0.4, 0.5) is 0 Å². The molecule has 0 aliphatic rings. The highest BCUT2D eigenvalue weighted by atomic mass is 127. The van der Waals surface area contributed by atoms with Gasteiger partial charge in [0.1, 0.15) is 5.82 Å². The largest absolute Gasteiger partial charge is 0.392 e. The fourth-order valence-corrected chi connectivity index (χ4v) is 3.00. The highest BCUT2D eigenvalue weighted by molar-refractivity contribution is 14.0. The number of guanidine groups is 1. The van der Waals surface area contributed by atoms with Crippen LogP contribution in [0.3, 0.4) is 0 Å². The third kappa shape index (κ3) is 6.30. The van der Waals surface area contributed by atoms with Crippen LogP contribution < -0.4 is 5.32 Å². The minimum Gasteiger partial charge on any atom is -0.392 e. The number of hydrogen-bond donors (Lipinski definition) is 3. The van der Waals surface area contributed by atoms with E-state index in [0.29, 0.717) is 13.1 Å². The zero-order chi connectivity index (χ0) is 19.8. The second-order valence-corrected chi connectivity index (χ2v) is 6.56. The first kappa shape index (κ1) is 22.9. The molecule has 2 aromatic carbocycles. The van der Waals surface area contributed by atoms with E-state index in [2.05, 4.69) is 27.4 Å². The van der Waals surface area contributed by atoms with Gasteiger partial charge in [0.15, 0.2) is 5.96 Å². The average Bonchev–Trinajstić information content (AvgIpc) is 3.20. The lowest BCUT2D eigenvalue weighted by atomic mass is 10.1. The van der Waals surface area contributed by atoms with E-state index in [9.17, 15) is 5.11 Å². The number of H-pyrrole nitrogens is 1. The minimum absolute atomic E-state index is 0. The molecule has 29 heavy (non-hydrogen) atoms. The molecule has 0 bridgehead atoms. The molecule has 0 atom stereocenters. The Morgan fingerprint density at radius 3 is 2.48 bits per heavy atom. The van der Waals surface area contributed by atoms with Crippen LogP contribution in [0.5, 0.6) is 0 Å². The van der Waals surface area contributed by atoms with Crippen LogP contribution in [-0.4, -0.2) is 39.5 Å². The van der Waals surface area contributed by atoms with Gasteiger partial charge in [0.05, 0.1) is 31.6 Å². The molecule has 0 spiro atoms. The van der Waals surface area contributed by atoms with E-state index in [4.69, 9.17) is 4.99 Å². The Labute approximate surface area is 189 Å². The van der Waals surface area contributed by atoms with Crippen molar-refractivity contribution in [1.29, 1.82) is 0 Å². The van der Waals surface area contributed by atoms with Crippen LogP contribution in [0.1, 0.15) is 23.9 Å². The molecule has 1 heterocycles. The number of aromatic nitrogens is 2. The van der Waals surface area contributed by atoms with E-state index in [1.807, 2.05) is 67.5 Å². The number of aliphatic hydroxyl groups is 1. The van der Waals surface area contributed by atoms with Gasteiger partial charge in [0, 0.05) is 13.6 Å². The number of hydrogen-bond acceptors (Lipinski definition) is 3. The number of rotatable bonds is 7. The SMILES string of the molecule is CCNC(=NCc1ccccc1CO)N(C)Cc1ncc(-c2ccccc2)[nH]1.I. The van der Waals surface area contributed by atoms with Crippen molar-refractivity contribution in [2.24, 2.45) is 4.99 Å². The minimum atomic E-state index is 0. The number of nitrogens with zero attached hydrogens (tertiary/aromatic N) is 3. The normalized spacial score (nSPS) is 11.1. The van der Waals surface area contributed by atoms with Crippen LogP contribution in [0.2, 0.25) is 0 Å². The molecule has 0 saturated heterocycles. The molecule has 6 nitrogen and oxygen atoms in total. The molecule has 7 heteroatoms. The maximum Gasteiger partial charge on any atom is 0.194 e. The molecule has 3 aromatic rings. The Kier molecular flexibility index (Phi) is 9.14. The monoisotopic (exact) mass is 505 g/mol. The maximum atomic E-state index is 9.50. The molecule has 0 radical (unpaired) electrons. The van der Waals surface area contributed by atoms with Crippen molar-refractivity contribution in [3.8, 4) is 11.3 Å². The second-order valence-electron chi connectivity index (χ2n) is 6.56. The summed E-state index contributed by atoms with van der Waals surface area (Å²) in [6, 6.07) is 18.0. The summed E-state index contributed by atoms with van der Waals surface area (Å²) in [5, 5.41) is 12.8. The number of imidazole rings is 1. The Morgan fingerprint density at radius 1 is 1.10 bits per heavy atom. The maximum absolute atomic E-state index is 9.50. The summed E-state index contributed by atoms with van der Waals surface area (Å²) < 4.78 is 0. The molecule has 0 amide bonds. The molecular formula is C22H28IN5O. The summed E-state index contributed by atoms with van der Waals surface area (Å²) >= 11 is 0. The van der Waals surface area contributed by atoms with Gasteiger partial charge in [-0.2, -0.15) is 0 Å². The quantitative estimate of drug-likeness (QED) is 0.260. The van der Waals surface area contributed by atoms with Crippen LogP contribution in [0.25, 0.3) is 11.3 Å². The summed E-state index contributed by atoms with van der Waals surface area (Å²) in [6.07, 6.45) is 1.86. The lowest BCUT2D eigenvalue weighted by molar-refractivity contribution is 0.280. The Bertz CT molecular complexity index is 910. The molecule has 3 N–H and O–H groups in total. The van der Waals surface area contributed by atoms with Gasteiger partial charge < -0.3 is 20.3 Å². The summed E-state index contributed by atoms with van der Waals surface area (Å²) in [4.78, 5) is 14.7. The number of aliphatic hydroxyl groups excluding tert-OH is 1. The highest BCUT2D eigenvalue weighted by Gasteiger charge is 2.10. The number of nitrogens with one attached hydrogen (secondary N) is 2. The molecule has 0 fully saturated rings. The van der Waals surface area contributed by atoms with Gasteiger partial charge in [-0.1, -0.05) is 54.6 Å². The average molecular weight is 505 g/mol. The van der Waals surface area contributed by atoms with Crippen LogP contribution in [-0.2, 0) is 19.7 Å². The molecule has 1 aromatic heterocycles. The molecule has 0 unspecified atom stereocenters. The van der Waals surface area contributed by atoms with Gasteiger partial charge >= 0.3 is 0 Å². The van der Waals surface area contributed by atoms with Gasteiger partial charge in [-0.15, -0.1) is 24.0 Å². The predicted molar refractivity (Wildman–Crippen MR) is 128 cm³/mol. The highest BCUT2D eigenvalue weighted by Crippen LogP contribution is 2.16.